The highest BCUT2D eigenvalue weighted by molar-refractivity contribution is 4.92. The molecule has 0 N–H and O–H groups in total. The SMILES string of the molecule is CCOCCc1noc(CC(C)C#N)n1. The summed E-state index contributed by atoms with van der Waals surface area (Å²) in [7, 11) is 0. The maximum Gasteiger partial charge on any atom is 0.227 e. The number of hydrogen-bond acceptors (Lipinski definition) is 5. The summed E-state index contributed by atoms with van der Waals surface area (Å²) < 4.78 is 10.2. The number of nitrogens with zero attached hydrogens (tertiary/aromatic N) is 3. The van der Waals surface area contributed by atoms with E-state index >= 15 is 0 Å². The van der Waals surface area contributed by atoms with Gasteiger partial charge in [-0.15, -0.1) is 0 Å². The molecule has 5 heteroatoms. The molecule has 0 saturated heterocycles. The van der Waals surface area contributed by atoms with Gasteiger partial charge in [-0.1, -0.05) is 5.16 Å². The minimum absolute atomic E-state index is 0.0924. The van der Waals surface area contributed by atoms with Gasteiger partial charge in [0.2, 0.25) is 5.89 Å². The fourth-order valence-corrected chi connectivity index (χ4v) is 1.09. The lowest BCUT2D eigenvalue weighted by Gasteiger charge is -1.95. The highest BCUT2D eigenvalue weighted by Crippen LogP contribution is 2.05. The molecule has 82 valence electrons. The molecule has 5 nitrogen and oxygen atoms in total. The molecule has 0 fully saturated rings. The van der Waals surface area contributed by atoms with Crippen LogP contribution in [-0.2, 0) is 17.6 Å². The Bertz CT molecular complexity index is 330. The molecule has 0 aliphatic heterocycles. The van der Waals surface area contributed by atoms with Gasteiger partial charge in [0.25, 0.3) is 0 Å². The molecule has 1 atom stereocenters. The first-order chi connectivity index (χ1) is 7.26. The molecule has 0 amide bonds. The number of hydrogen-bond donors (Lipinski definition) is 0. The first-order valence-corrected chi connectivity index (χ1v) is 5.05. The lowest BCUT2D eigenvalue weighted by molar-refractivity contribution is 0.149. The Morgan fingerprint density at radius 3 is 3.07 bits per heavy atom. The molecule has 0 radical (unpaired) electrons. The van der Waals surface area contributed by atoms with Crippen LogP contribution in [0.2, 0.25) is 0 Å². The lowest BCUT2D eigenvalue weighted by atomic mass is 10.1. The van der Waals surface area contributed by atoms with Crippen molar-refractivity contribution in [2.45, 2.75) is 26.7 Å². The first kappa shape index (κ1) is 11.7. The van der Waals surface area contributed by atoms with Gasteiger partial charge in [0.15, 0.2) is 5.82 Å². The third-order valence-corrected chi connectivity index (χ3v) is 1.89. The quantitative estimate of drug-likeness (QED) is 0.661. The summed E-state index contributed by atoms with van der Waals surface area (Å²) in [4.78, 5) is 4.16. The van der Waals surface area contributed by atoms with E-state index in [0.29, 0.717) is 37.8 Å². The van der Waals surface area contributed by atoms with Gasteiger partial charge >= 0.3 is 0 Å². The Morgan fingerprint density at radius 1 is 1.60 bits per heavy atom. The van der Waals surface area contributed by atoms with Crippen LogP contribution >= 0.6 is 0 Å². The molecule has 1 heterocycles. The van der Waals surface area contributed by atoms with E-state index in [4.69, 9.17) is 14.5 Å². The van der Waals surface area contributed by atoms with Crippen molar-refractivity contribution in [3.8, 4) is 6.07 Å². The summed E-state index contributed by atoms with van der Waals surface area (Å²) in [6, 6.07) is 2.12. The Balaban J connectivity index is 2.39. The molecular weight excluding hydrogens is 194 g/mol. The number of ether oxygens (including phenoxy) is 1. The molecular formula is C10H15N3O2. The average molecular weight is 209 g/mol. The zero-order valence-electron chi connectivity index (χ0n) is 9.06. The zero-order chi connectivity index (χ0) is 11.1. The topological polar surface area (TPSA) is 71.9 Å². The van der Waals surface area contributed by atoms with Crippen LogP contribution in [0, 0.1) is 17.2 Å². The van der Waals surface area contributed by atoms with Gasteiger partial charge in [0, 0.05) is 19.4 Å². The van der Waals surface area contributed by atoms with Gasteiger partial charge in [0.05, 0.1) is 18.6 Å². The Kier molecular flexibility index (Phi) is 4.78. The summed E-state index contributed by atoms with van der Waals surface area (Å²) in [6.45, 7) is 5.06. The molecule has 0 aliphatic rings. The molecule has 0 spiro atoms. The number of rotatable bonds is 6. The van der Waals surface area contributed by atoms with Gasteiger partial charge < -0.3 is 9.26 Å². The van der Waals surface area contributed by atoms with E-state index in [-0.39, 0.29) is 5.92 Å². The molecule has 0 saturated carbocycles. The van der Waals surface area contributed by atoms with E-state index in [1.165, 1.54) is 0 Å². The third-order valence-electron chi connectivity index (χ3n) is 1.89. The average Bonchev–Trinajstić information content (AvgIpc) is 2.66. The molecule has 15 heavy (non-hydrogen) atoms. The van der Waals surface area contributed by atoms with E-state index in [9.17, 15) is 0 Å². The first-order valence-electron chi connectivity index (χ1n) is 5.05. The second-order valence-electron chi connectivity index (χ2n) is 3.29. The standard InChI is InChI=1S/C10H15N3O2/c1-3-14-5-4-9-12-10(15-13-9)6-8(2)7-11/h8H,3-6H2,1-2H3. The van der Waals surface area contributed by atoms with Gasteiger partial charge in [-0.05, 0) is 13.8 Å². The fourth-order valence-electron chi connectivity index (χ4n) is 1.09. The van der Waals surface area contributed by atoms with Crippen LogP contribution in [0.25, 0.3) is 0 Å². The van der Waals surface area contributed by atoms with Crippen LogP contribution in [-0.4, -0.2) is 23.4 Å². The van der Waals surface area contributed by atoms with Gasteiger partial charge in [0.1, 0.15) is 0 Å². The van der Waals surface area contributed by atoms with Crippen molar-refractivity contribution in [2.75, 3.05) is 13.2 Å². The van der Waals surface area contributed by atoms with E-state index in [0.717, 1.165) is 0 Å². The van der Waals surface area contributed by atoms with Crippen LogP contribution in [0.1, 0.15) is 25.6 Å². The molecule has 0 bridgehead atoms. The van der Waals surface area contributed by atoms with Crippen LogP contribution < -0.4 is 0 Å². The molecule has 0 aliphatic carbocycles. The Morgan fingerprint density at radius 2 is 2.40 bits per heavy atom. The van der Waals surface area contributed by atoms with Crippen molar-refractivity contribution < 1.29 is 9.26 Å². The van der Waals surface area contributed by atoms with Crippen molar-refractivity contribution in [3.63, 3.8) is 0 Å². The Hall–Kier alpha value is -1.41. The third kappa shape index (κ3) is 4.09. The Labute approximate surface area is 89.0 Å². The predicted molar refractivity (Wildman–Crippen MR) is 53.0 cm³/mol. The highest BCUT2D eigenvalue weighted by atomic mass is 16.5. The monoisotopic (exact) mass is 209 g/mol. The number of aromatic nitrogens is 2. The van der Waals surface area contributed by atoms with Crippen molar-refractivity contribution in [1.29, 1.82) is 5.26 Å². The maximum absolute atomic E-state index is 8.62. The lowest BCUT2D eigenvalue weighted by Crippen LogP contribution is -2.00. The molecule has 1 rings (SSSR count). The number of nitriles is 1. The van der Waals surface area contributed by atoms with E-state index < -0.39 is 0 Å². The minimum atomic E-state index is -0.0924. The van der Waals surface area contributed by atoms with Crippen molar-refractivity contribution in [3.05, 3.63) is 11.7 Å². The van der Waals surface area contributed by atoms with Gasteiger partial charge in [-0.3, -0.25) is 0 Å². The summed E-state index contributed by atoms with van der Waals surface area (Å²) in [5, 5.41) is 12.4. The largest absolute Gasteiger partial charge is 0.381 e. The second-order valence-corrected chi connectivity index (χ2v) is 3.29. The highest BCUT2D eigenvalue weighted by Gasteiger charge is 2.09. The molecule has 1 unspecified atom stereocenters. The van der Waals surface area contributed by atoms with Gasteiger partial charge in [-0.2, -0.15) is 10.2 Å². The summed E-state index contributed by atoms with van der Waals surface area (Å²) in [6.07, 6.45) is 1.16. The van der Waals surface area contributed by atoms with E-state index in [1.807, 2.05) is 13.8 Å². The fraction of sp³-hybridized carbons (Fsp3) is 0.700. The minimum Gasteiger partial charge on any atom is -0.381 e. The van der Waals surface area contributed by atoms with Crippen LogP contribution in [0.5, 0.6) is 0 Å². The second kappa shape index (κ2) is 6.14. The van der Waals surface area contributed by atoms with Gasteiger partial charge in [-0.25, -0.2) is 0 Å². The molecule has 1 aromatic rings. The molecule has 0 aromatic carbocycles. The van der Waals surface area contributed by atoms with Crippen molar-refractivity contribution >= 4 is 0 Å². The van der Waals surface area contributed by atoms with Crippen molar-refractivity contribution in [2.24, 2.45) is 5.92 Å². The normalized spacial score (nSPS) is 12.3. The van der Waals surface area contributed by atoms with Crippen LogP contribution in [0.4, 0.5) is 0 Å². The zero-order valence-corrected chi connectivity index (χ0v) is 9.06. The van der Waals surface area contributed by atoms with E-state index in [2.05, 4.69) is 16.2 Å². The molecule has 1 aromatic heterocycles. The van der Waals surface area contributed by atoms with Crippen LogP contribution in [0.15, 0.2) is 4.52 Å². The van der Waals surface area contributed by atoms with Crippen molar-refractivity contribution in [1.82, 2.24) is 10.1 Å². The van der Waals surface area contributed by atoms with Crippen LogP contribution in [0.3, 0.4) is 0 Å². The van der Waals surface area contributed by atoms with E-state index in [1.54, 1.807) is 0 Å². The summed E-state index contributed by atoms with van der Waals surface area (Å²) in [5.74, 6) is 1.07. The summed E-state index contributed by atoms with van der Waals surface area (Å²) in [5.41, 5.74) is 0. The smallest absolute Gasteiger partial charge is 0.227 e. The summed E-state index contributed by atoms with van der Waals surface area (Å²) >= 11 is 0. The predicted octanol–water partition coefficient (Wildman–Crippen LogP) is 1.35. The maximum atomic E-state index is 8.62.